The second-order valence-electron chi connectivity index (χ2n) is 4.48. The van der Waals surface area contributed by atoms with Crippen LogP contribution in [0.5, 0.6) is 0 Å². The van der Waals surface area contributed by atoms with Crippen LogP contribution in [-0.4, -0.2) is 47.0 Å². The van der Waals surface area contributed by atoms with Gasteiger partial charge in [0.2, 0.25) is 0 Å². The van der Waals surface area contributed by atoms with Gasteiger partial charge in [0, 0.05) is 13.1 Å². The summed E-state index contributed by atoms with van der Waals surface area (Å²) in [6, 6.07) is 0. The van der Waals surface area contributed by atoms with Crippen molar-refractivity contribution in [2.24, 2.45) is 0 Å². The third-order valence-corrected chi connectivity index (χ3v) is 2.67. The smallest absolute Gasteiger partial charge is 0.0774 e. The van der Waals surface area contributed by atoms with Crippen molar-refractivity contribution in [3.05, 3.63) is 0 Å². The van der Waals surface area contributed by atoms with E-state index >= 15 is 0 Å². The third-order valence-electron chi connectivity index (χ3n) is 2.67. The van der Waals surface area contributed by atoms with Gasteiger partial charge in [-0.1, -0.05) is 12.8 Å². The van der Waals surface area contributed by atoms with Crippen LogP contribution < -0.4 is 0 Å². The molecule has 13 heavy (non-hydrogen) atoms. The van der Waals surface area contributed by atoms with Crippen molar-refractivity contribution in [2.45, 2.75) is 44.3 Å². The van der Waals surface area contributed by atoms with Gasteiger partial charge in [0.05, 0.1) is 11.7 Å². The van der Waals surface area contributed by atoms with Crippen LogP contribution in [0.3, 0.4) is 0 Å². The first-order valence-electron chi connectivity index (χ1n) is 5.11. The number of hydrogen-bond donors (Lipinski definition) is 2. The van der Waals surface area contributed by atoms with Crippen molar-refractivity contribution in [3.63, 3.8) is 0 Å². The molecule has 78 valence electrons. The maximum atomic E-state index is 10.1. The summed E-state index contributed by atoms with van der Waals surface area (Å²) in [5.41, 5.74) is -0.482. The van der Waals surface area contributed by atoms with Crippen molar-refractivity contribution < 1.29 is 10.2 Å². The first-order chi connectivity index (χ1) is 6.02. The second-order valence-corrected chi connectivity index (χ2v) is 4.48. The van der Waals surface area contributed by atoms with Gasteiger partial charge in [-0.3, -0.25) is 0 Å². The van der Waals surface area contributed by atoms with Gasteiger partial charge >= 0.3 is 0 Å². The Kier molecular flexibility index (Phi) is 3.71. The van der Waals surface area contributed by atoms with E-state index in [1.807, 2.05) is 11.9 Å². The lowest BCUT2D eigenvalue weighted by molar-refractivity contribution is 0.00688. The molecule has 3 nitrogen and oxygen atoms in total. The highest BCUT2D eigenvalue weighted by Gasteiger charge is 2.32. The van der Waals surface area contributed by atoms with E-state index in [0.717, 1.165) is 25.7 Å². The third kappa shape index (κ3) is 3.63. The zero-order valence-corrected chi connectivity index (χ0v) is 8.66. The molecule has 0 spiro atoms. The van der Waals surface area contributed by atoms with E-state index in [0.29, 0.717) is 13.1 Å². The van der Waals surface area contributed by atoms with Gasteiger partial charge in [-0.25, -0.2) is 0 Å². The first-order valence-corrected chi connectivity index (χ1v) is 5.11. The molecule has 0 aliphatic heterocycles. The Morgan fingerprint density at radius 3 is 2.38 bits per heavy atom. The van der Waals surface area contributed by atoms with Crippen LogP contribution in [0.25, 0.3) is 0 Å². The van der Waals surface area contributed by atoms with Crippen LogP contribution in [0.2, 0.25) is 0 Å². The van der Waals surface area contributed by atoms with Crippen molar-refractivity contribution in [1.29, 1.82) is 0 Å². The molecule has 1 aliphatic rings. The van der Waals surface area contributed by atoms with Gasteiger partial charge in [0.25, 0.3) is 0 Å². The molecule has 0 amide bonds. The van der Waals surface area contributed by atoms with E-state index in [9.17, 15) is 5.11 Å². The highest BCUT2D eigenvalue weighted by molar-refractivity contribution is 4.86. The van der Waals surface area contributed by atoms with E-state index in [4.69, 9.17) is 5.11 Å². The predicted octanol–water partition coefficient (Wildman–Crippen LogP) is 0.604. The first kappa shape index (κ1) is 11.0. The topological polar surface area (TPSA) is 43.7 Å². The second kappa shape index (κ2) is 4.40. The highest BCUT2D eigenvalue weighted by atomic mass is 16.3. The van der Waals surface area contributed by atoms with Gasteiger partial charge < -0.3 is 15.1 Å². The zero-order chi connectivity index (χ0) is 9.90. The fourth-order valence-electron chi connectivity index (χ4n) is 2.21. The molecule has 0 radical (unpaired) electrons. The molecule has 1 rings (SSSR count). The molecular formula is C10H21NO2. The number of nitrogens with zero attached hydrogens (tertiary/aromatic N) is 1. The molecule has 2 N–H and O–H groups in total. The normalized spacial score (nSPS) is 23.8. The van der Waals surface area contributed by atoms with Gasteiger partial charge in [0.1, 0.15) is 0 Å². The summed E-state index contributed by atoms with van der Waals surface area (Å²) in [5.74, 6) is 0. The molecule has 3 heteroatoms. The van der Waals surface area contributed by atoms with Crippen LogP contribution in [0.15, 0.2) is 0 Å². The Hall–Kier alpha value is -0.120. The molecule has 1 saturated carbocycles. The fourth-order valence-corrected chi connectivity index (χ4v) is 2.21. The number of hydrogen-bond acceptors (Lipinski definition) is 3. The lowest BCUT2D eigenvalue weighted by atomic mass is 10.0. The fraction of sp³-hybridized carbons (Fsp3) is 1.00. The largest absolute Gasteiger partial charge is 0.392 e. The Balaban J connectivity index is 2.29. The average molecular weight is 187 g/mol. The number of aliphatic hydroxyl groups is 2. The van der Waals surface area contributed by atoms with Gasteiger partial charge in [-0.15, -0.1) is 0 Å². The monoisotopic (exact) mass is 187 g/mol. The molecule has 1 atom stereocenters. The highest BCUT2D eigenvalue weighted by Crippen LogP contribution is 2.29. The van der Waals surface area contributed by atoms with Crippen molar-refractivity contribution in [1.82, 2.24) is 4.90 Å². The molecule has 1 unspecified atom stereocenters. The number of rotatable bonds is 4. The zero-order valence-electron chi connectivity index (χ0n) is 8.66. The molecule has 0 saturated heterocycles. The van der Waals surface area contributed by atoms with E-state index < -0.39 is 5.60 Å². The molecule has 1 aliphatic carbocycles. The van der Waals surface area contributed by atoms with Crippen LogP contribution in [-0.2, 0) is 0 Å². The summed E-state index contributed by atoms with van der Waals surface area (Å²) in [5, 5.41) is 19.2. The average Bonchev–Trinajstić information content (AvgIpc) is 2.33. The number of aliphatic hydroxyl groups excluding tert-OH is 1. The van der Waals surface area contributed by atoms with Crippen molar-refractivity contribution in [3.8, 4) is 0 Å². The molecule has 0 heterocycles. The molecular weight excluding hydrogens is 166 g/mol. The molecule has 0 bridgehead atoms. The lowest BCUT2D eigenvalue weighted by Gasteiger charge is -2.29. The minimum Gasteiger partial charge on any atom is -0.392 e. The lowest BCUT2D eigenvalue weighted by Crippen LogP contribution is -2.41. The molecule has 0 aromatic carbocycles. The maximum Gasteiger partial charge on any atom is 0.0774 e. The van der Waals surface area contributed by atoms with Crippen molar-refractivity contribution >= 4 is 0 Å². The Bertz CT molecular complexity index is 153. The summed E-state index contributed by atoms with van der Waals surface area (Å²) < 4.78 is 0. The molecule has 0 aromatic rings. The van der Waals surface area contributed by atoms with Crippen molar-refractivity contribution in [2.75, 3.05) is 20.1 Å². The summed E-state index contributed by atoms with van der Waals surface area (Å²) >= 11 is 0. The van der Waals surface area contributed by atoms with Crippen LogP contribution in [0.1, 0.15) is 32.6 Å². The summed E-state index contributed by atoms with van der Waals surface area (Å²) in [6.07, 6.45) is 3.79. The summed E-state index contributed by atoms with van der Waals surface area (Å²) in [4.78, 5) is 2.01. The minimum absolute atomic E-state index is 0.310. The Morgan fingerprint density at radius 1 is 1.38 bits per heavy atom. The predicted molar refractivity (Wildman–Crippen MR) is 52.6 cm³/mol. The molecule has 0 aromatic heterocycles. The number of likely N-dealkylation sites (N-methyl/N-ethyl adjacent to an activating group) is 1. The quantitative estimate of drug-likeness (QED) is 0.677. The van der Waals surface area contributed by atoms with Crippen LogP contribution in [0, 0.1) is 0 Å². The summed E-state index contributed by atoms with van der Waals surface area (Å²) in [7, 11) is 1.95. The SMILES string of the molecule is CC(O)CN(C)CC1(O)CCCC1. The van der Waals surface area contributed by atoms with Gasteiger partial charge in [0.15, 0.2) is 0 Å². The van der Waals surface area contributed by atoms with Gasteiger partial charge in [-0.05, 0) is 26.8 Å². The van der Waals surface area contributed by atoms with E-state index in [1.165, 1.54) is 0 Å². The standard InChI is InChI=1S/C10H21NO2/c1-9(12)7-11(2)8-10(13)5-3-4-6-10/h9,12-13H,3-8H2,1-2H3. The van der Waals surface area contributed by atoms with E-state index in [-0.39, 0.29) is 6.10 Å². The van der Waals surface area contributed by atoms with E-state index in [1.54, 1.807) is 6.92 Å². The molecule has 1 fully saturated rings. The van der Waals surface area contributed by atoms with E-state index in [2.05, 4.69) is 0 Å². The Morgan fingerprint density at radius 2 is 1.92 bits per heavy atom. The maximum absolute atomic E-state index is 10.1. The summed E-state index contributed by atoms with van der Waals surface area (Å²) in [6.45, 7) is 3.11. The van der Waals surface area contributed by atoms with Crippen LogP contribution >= 0.6 is 0 Å². The van der Waals surface area contributed by atoms with Gasteiger partial charge in [-0.2, -0.15) is 0 Å². The Labute approximate surface area is 80.4 Å². The minimum atomic E-state index is -0.482. The van der Waals surface area contributed by atoms with Crippen LogP contribution in [0.4, 0.5) is 0 Å².